The second-order valence-corrected chi connectivity index (χ2v) is 5.36. The van der Waals surface area contributed by atoms with Crippen LogP contribution in [0.1, 0.15) is 28.9 Å². The maximum absolute atomic E-state index is 11.6. The van der Waals surface area contributed by atoms with Crippen molar-refractivity contribution in [1.29, 1.82) is 0 Å². The number of rotatable bonds is 4. The van der Waals surface area contributed by atoms with Crippen LogP contribution in [-0.4, -0.2) is 13.0 Å². The highest BCUT2D eigenvalue weighted by Gasteiger charge is 2.19. The molecule has 1 amide bonds. The monoisotopic (exact) mass is 303 g/mol. The van der Waals surface area contributed by atoms with E-state index in [1.807, 2.05) is 43.1 Å². The summed E-state index contributed by atoms with van der Waals surface area (Å²) in [5, 5.41) is 0.688. The van der Waals surface area contributed by atoms with E-state index < -0.39 is 5.91 Å². The highest BCUT2D eigenvalue weighted by Crippen LogP contribution is 2.32. The van der Waals surface area contributed by atoms with Crippen molar-refractivity contribution in [1.82, 2.24) is 0 Å². The van der Waals surface area contributed by atoms with E-state index >= 15 is 0 Å². The summed E-state index contributed by atoms with van der Waals surface area (Å²) >= 11 is 6.24. The van der Waals surface area contributed by atoms with Crippen molar-refractivity contribution in [3.8, 4) is 0 Å². The van der Waals surface area contributed by atoms with Gasteiger partial charge < -0.3 is 16.4 Å². The van der Waals surface area contributed by atoms with E-state index in [9.17, 15) is 4.79 Å². The second kappa shape index (κ2) is 6.06. The van der Waals surface area contributed by atoms with Crippen molar-refractivity contribution < 1.29 is 4.79 Å². The van der Waals surface area contributed by atoms with E-state index in [0.717, 1.165) is 11.3 Å². The Balaban J connectivity index is 2.43. The van der Waals surface area contributed by atoms with Gasteiger partial charge in [0.05, 0.1) is 11.6 Å². The van der Waals surface area contributed by atoms with Crippen LogP contribution in [-0.2, 0) is 0 Å². The van der Waals surface area contributed by atoms with Crippen LogP contribution in [0, 0.1) is 0 Å². The number of nitrogens with zero attached hydrogens (tertiary/aromatic N) is 1. The van der Waals surface area contributed by atoms with Gasteiger partial charge in [-0.3, -0.25) is 4.79 Å². The number of primary amides is 1. The van der Waals surface area contributed by atoms with Crippen molar-refractivity contribution >= 4 is 28.9 Å². The van der Waals surface area contributed by atoms with Gasteiger partial charge >= 0.3 is 0 Å². The molecule has 0 aliphatic heterocycles. The molecule has 0 saturated carbocycles. The van der Waals surface area contributed by atoms with Gasteiger partial charge in [0.15, 0.2) is 0 Å². The zero-order chi connectivity index (χ0) is 15.6. The summed E-state index contributed by atoms with van der Waals surface area (Å²) in [6, 6.07) is 12.7. The molecule has 0 saturated heterocycles. The standard InChI is InChI=1S/C16H18ClN3O/c1-10(12-5-3-4-6-14(12)17)20(2)15-8-7-11(18)9-13(15)16(19)21/h3-10H,18H2,1-2H3,(H2,19,21). The number of carbonyl (C=O) groups is 1. The van der Waals surface area contributed by atoms with Crippen LogP contribution in [0.3, 0.4) is 0 Å². The zero-order valence-corrected chi connectivity index (χ0v) is 12.8. The normalized spacial score (nSPS) is 12.0. The summed E-state index contributed by atoms with van der Waals surface area (Å²) in [4.78, 5) is 13.6. The van der Waals surface area contributed by atoms with Crippen molar-refractivity contribution in [2.45, 2.75) is 13.0 Å². The molecule has 0 radical (unpaired) electrons. The van der Waals surface area contributed by atoms with E-state index in [4.69, 9.17) is 23.1 Å². The second-order valence-electron chi connectivity index (χ2n) is 4.95. The molecule has 4 nitrogen and oxygen atoms in total. The van der Waals surface area contributed by atoms with Gasteiger partial charge in [0, 0.05) is 23.4 Å². The molecule has 2 aromatic rings. The molecule has 0 aliphatic carbocycles. The van der Waals surface area contributed by atoms with Gasteiger partial charge in [-0.2, -0.15) is 0 Å². The summed E-state index contributed by atoms with van der Waals surface area (Å²) in [7, 11) is 1.89. The maximum atomic E-state index is 11.6. The van der Waals surface area contributed by atoms with Gasteiger partial charge in [0.2, 0.25) is 0 Å². The molecule has 0 bridgehead atoms. The summed E-state index contributed by atoms with van der Waals surface area (Å²) in [5.74, 6) is -0.504. The molecule has 1 unspecified atom stereocenters. The number of anilines is 2. The number of benzene rings is 2. The summed E-state index contributed by atoms with van der Waals surface area (Å²) < 4.78 is 0. The summed E-state index contributed by atoms with van der Waals surface area (Å²) in [6.45, 7) is 2.02. The van der Waals surface area contributed by atoms with Crippen LogP contribution >= 0.6 is 11.6 Å². The van der Waals surface area contributed by atoms with E-state index in [-0.39, 0.29) is 6.04 Å². The van der Waals surface area contributed by atoms with Crippen LogP contribution in [0.5, 0.6) is 0 Å². The van der Waals surface area contributed by atoms with Crippen LogP contribution in [0.4, 0.5) is 11.4 Å². The Morgan fingerprint density at radius 1 is 1.24 bits per heavy atom. The molecule has 0 aliphatic rings. The molecule has 2 rings (SSSR count). The first-order chi connectivity index (χ1) is 9.91. The van der Waals surface area contributed by atoms with Crippen molar-refractivity contribution in [3.63, 3.8) is 0 Å². The molecule has 110 valence electrons. The van der Waals surface area contributed by atoms with Crippen LogP contribution in [0.25, 0.3) is 0 Å². The van der Waals surface area contributed by atoms with Crippen molar-refractivity contribution in [2.24, 2.45) is 5.73 Å². The van der Waals surface area contributed by atoms with Crippen LogP contribution in [0.2, 0.25) is 5.02 Å². The number of hydrogen-bond acceptors (Lipinski definition) is 3. The minimum atomic E-state index is -0.504. The number of carbonyl (C=O) groups excluding carboxylic acids is 1. The van der Waals surface area contributed by atoms with E-state index in [1.54, 1.807) is 18.2 Å². The average molecular weight is 304 g/mol. The zero-order valence-electron chi connectivity index (χ0n) is 12.0. The minimum Gasteiger partial charge on any atom is -0.399 e. The Morgan fingerprint density at radius 2 is 1.90 bits per heavy atom. The molecule has 4 N–H and O–H groups in total. The van der Waals surface area contributed by atoms with E-state index in [0.29, 0.717) is 16.3 Å². The largest absolute Gasteiger partial charge is 0.399 e. The number of halogens is 1. The lowest BCUT2D eigenvalue weighted by atomic mass is 10.0. The lowest BCUT2D eigenvalue weighted by Gasteiger charge is -2.29. The SMILES string of the molecule is CC(c1ccccc1Cl)N(C)c1ccc(N)cc1C(N)=O. The number of hydrogen-bond donors (Lipinski definition) is 2. The predicted molar refractivity (Wildman–Crippen MR) is 87.6 cm³/mol. The molecule has 1 atom stereocenters. The van der Waals surface area contributed by atoms with E-state index in [1.165, 1.54) is 0 Å². The number of nitrogen functional groups attached to an aromatic ring is 1. The molecular weight excluding hydrogens is 286 g/mol. The summed E-state index contributed by atoms with van der Waals surface area (Å²) in [6.07, 6.45) is 0. The van der Waals surface area contributed by atoms with E-state index in [2.05, 4.69) is 0 Å². The van der Waals surface area contributed by atoms with Crippen molar-refractivity contribution in [2.75, 3.05) is 17.7 Å². The fourth-order valence-corrected chi connectivity index (χ4v) is 2.58. The topological polar surface area (TPSA) is 72.3 Å². The average Bonchev–Trinajstić information content (AvgIpc) is 2.46. The molecule has 0 heterocycles. The lowest BCUT2D eigenvalue weighted by molar-refractivity contribution is 0.100. The molecule has 5 heteroatoms. The minimum absolute atomic E-state index is 0.0135. The van der Waals surface area contributed by atoms with Crippen molar-refractivity contribution in [3.05, 3.63) is 58.6 Å². The van der Waals surface area contributed by atoms with Crippen LogP contribution < -0.4 is 16.4 Å². The third kappa shape index (κ3) is 3.11. The Bertz CT molecular complexity index is 672. The maximum Gasteiger partial charge on any atom is 0.250 e. The Kier molecular flexibility index (Phi) is 4.38. The lowest BCUT2D eigenvalue weighted by Crippen LogP contribution is -2.25. The summed E-state index contributed by atoms with van der Waals surface area (Å²) in [5.41, 5.74) is 13.8. The first-order valence-corrected chi connectivity index (χ1v) is 6.96. The predicted octanol–water partition coefficient (Wildman–Crippen LogP) is 3.22. The highest BCUT2D eigenvalue weighted by atomic mass is 35.5. The van der Waals surface area contributed by atoms with Gasteiger partial charge in [-0.25, -0.2) is 0 Å². The molecular formula is C16H18ClN3O. The molecule has 0 spiro atoms. The quantitative estimate of drug-likeness (QED) is 0.852. The fraction of sp³-hybridized carbons (Fsp3) is 0.188. The third-order valence-corrected chi connectivity index (χ3v) is 3.95. The Labute approximate surface area is 129 Å². The first-order valence-electron chi connectivity index (χ1n) is 6.58. The van der Waals surface area contributed by atoms with Gasteiger partial charge in [-0.05, 0) is 36.8 Å². The number of amides is 1. The van der Waals surface area contributed by atoms with Gasteiger partial charge in [0.1, 0.15) is 0 Å². The Morgan fingerprint density at radius 3 is 2.52 bits per heavy atom. The smallest absolute Gasteiger partial charge is 0.250 e. The Hall–Kier alpha value is -2.20. The fourth-order valence-electron chi connectivity index (χ4n) is 2.29. The highest BCUT2D eigenvalue weighted by molar-refractivity contribution is 6.31. The third-order valence-electron chi connectivity index (χ3n) is 3.60. The molecule has 0 fully saturated rings. The molecule has 0 aromatic heterocycles. The molecule has 2 aromatic carbocycles. The van der Waals surface area contributed by atoms with Gasteiger partial charge in [-0.1, -0.05) is 29.8 Å². The number of nitrogens with two attached hydrogens (primary N) is 2. The van der Waals surface area contributed by atoms with Gasteiger partial charge in [0.25, 0.3) is 5.91 Å². The first kappa shape index (κ1) is 15.2. The molecule has 21 heavy (non-hydrogen) atoms. The van der Waals surface area contributed by atoms with Gasteiger partial charge in [-0.15, -0.1) is 0 Å². The van der Waals surface area contributed by atoms with Crippen LogP contribution in [0.15, 0.2) is 42.5 Å².